The summed E-state index contributed by atoms with van der Waals surface area (Å²) in [7, 11) is 0. The monoisotopic (exact) mass is 270 g/mol. The summed E-state index contributed by atoms with van der Waals surface area (Å²) in [6, 6.07) is 3.58. The zero-order valence-electron chi connectivity index (χ0n) is 8.90. The van der Waals surface area contributed by atoms with Crippen molar-refractivity contribution in [2.75, 3.05) is 5.33 Å². The third kappa shape index (κ3) is 3.63. The van der Waals surface area contributed by atoms with Crippen LogP contribution in [0.25, 0.3) is 0 Å². The Kier molecular flexibility index (Phi) is 4.75. The minimum absolute atomic E-state index is 0.0458. The highest BCUT2D eigenvalue weighted by molar-refractivity contribution is 9.09. The highest BCUT2D eigenvalue weighted by Gasteiger charge is 2.15. The molecular formula is C11H15BrN2O. The van der Waals surface area contributed by atoms with Crippen molar-refractivity contribution in [1.82, 2.24) is 10.3 Å². The highest BCUT2D eigenvalue weighted by atomic mass is 79.9. The predicted octanol–water partition coefficient (Wildman–Crippen LogP) is 2.23. The van der Waals surface area contributed by atoms with Crippen LogP contribution in [-0.4, -0.2) is 22.3 Å². The predicted molar refractivity (Wildman–Crippen MR) is 64.1 cm³/mol. The van der Waals surface area contributed by atoms with Gasteiger partial charge in [-0.25, -0.2) is 0 Å². The van der Waals surface area contributed by atoms with E-state index < -0.39 is 0 Å². The number of hydrogen-bond acceptors (Lipinski definition) is 2. The molecule has 1 N–H and O–H groups in total. The van der Waals surface area contributed by atoms with Crippen LogP contribution in [0.4, 0.5) is 0 Å². The molecule has 0 aliphatic carbocycles. The van der Waals surface area contributed by atoms with Gasteiger partial charge in [-0.05, 0) is 18.1 Å². The van der Waals surface area contributed by atoms with Gasteiger partial charge in [-0.3, -0.25) is 9.78 Å². The average Bonchev–Trinajstić information content (AvgIpc) is 2.26. The molecule has 1 aromatic rings. The summed E-state index contributed by atoms with van der Waals surface area (Å²) < 4.78 is 0. The molecule has 0 spiro atoms. The van der Waals surface area contributed by atoms with Crippen LogP contribution in [0, 0.1) is 5.92 Å². The van der Waals surface area contributed by atoms with E-state index in [0.717, 1.165) is 5.33 Å². The molecule has 0 fully saturated rings. The molecule has 82 valence electrons. The maximum atomic E-state index is 11.8. The van der Waals surface area contributed by atoms with Crippen LogP contribution in [0.1, 0.15) is 24.2 Å². The van der Waals surface area contributed by atoms with E-state index in [9.17, 15) is 4.79 Å². The number of carbonyl (C=O) groups is 1. The third-order valence-corrected chi connectivity index (χ3v) is 2.93. The fourth-order valence-electron chi connectivity index (χ4n) is 1.14. The highest BCUT2D eigenvalue weighted by Crippen LogP contribution is 2.06. The van der Waals surface area contributed by atoms with Gasteiger partial charge in [0.1, 0.15) is 0 Å². The third-order valence-electron chi connectivity index (χ3n) is 2.23. The molecule has 1 rings (SSSR count). The van der Waals surface area contributed by atoms with Crippen molar-refractivity contribution < 1.29 is 4.79 Å². The van der Waals surface area contributed by atoms with E-state index in [2.05, 4.69) is 40.1 Å². The van der Waals surface area contributed by atoms with Crippen molar-refractivity contribution in [3.8, 4) is 0 Å². The van der Waals surface area contributed by atoms with E-state index in [0.29, 0.717) is 11.5 Å². The Hall–Kier alpha value is -0.900. The summed E-state index contributed by atoms with van der Waals surface area (Å²) in [6.45, 7) is 4.16. The summed E-state index contributed by atoms with van der Waals surface area (Å²) >= 11 is 3.39. The first-order chi connectivity index (χ1) is 7.15. The van der Waals surface area contributed by atoms with E-state index in [4.69, 9.17) is 0 Å². The molecular weight excluding hydrogens is 256 g/mol. The fraction of sp³-hybridized carbons (Fsp3) is 0.455. The topological polar surface area (TPSA) is 42.0 Å². The van der Waals surface area contributed by atoms with E-state index in [-0.39, 0.29) is 11.9 Å². The second kappa shape index (κ2) is 5.85. The Labute approximate surface area is 98.4 Å². The molecule has 4 heteroatoms. The van der Waals surface area contributed by atoms with Crippen molar-refractivity contribution in [3.63, 3.8) is 0 Å². The number of amides is 1. The van der Waals surface area contributed by atoms with Crippen LogP contribution < -0.4 is 5.32 Å². The lowest BCUT2D eigenvalue weighted by molar-refractivity contribution is 0.0931. The molecule has 0 saturated carbocycles. The molecule has 1 aromatic heterocycles. The van der Waals surface area contributed by atoms with Crippen LogP contribution in [0.3, 0.4) is 0 Å². The lowest BCUT2D eigenvalue weighted by atomic mass is 10.1. The quantitative estimate of drug-likeness (QED) is 0.853. The fourth-order valence-corrected chi connectivity index (χ4v) is 2.05. The molecule has 0 aromatic carbocycles. The van der Waals surface area contributed by atoms with Crippen LogP contribution >= 0.6 is 15.9 Å². The van der Waals surface area contributed by atoms with Crippen molar-refractivity contribution in [2.45, 2.75) is 19.9 Å². The van der Waals surface area contributed by atoms with Crippen molar-refractivity contribution in [2.24, 2.45) is 5.92 Å². The lowest BCUT2D eigenvalue weighted by Crippen LogP contribution is -2.39. The maximum Gasteiger partial charge on any atom is 0.251 e. The van der Waals surface area contributed by atoms with Gasteiger partial charge in [0, 0.05) is 29.3 Å². The number of rotatable bonds is 4. The van der Waals surface area contributed by atoms with Crippen molar-refractivity contribution >= 4 is 21.8 Å². The molecule has 0 bridgehead atoms. The molecule has 0 aliphatic rings. The number of alkyl halides is 1. The van der Waals surface area contributed by atoms with E-state index in [1.165, 1.54) is 0 Å². The van der Waals surface area contributed by atoms with E-state index >= 15 is 0 Å². The Morgan fingerprint density at radius 1 is 1.47 bits per heavy atom. The zero-order valence-corrected chi connectivity index (χ0v) is 10.5. The van der Waals surface area contributed by atoms with Gasteiger partial charge in [0.15, 0.2) is 0 Å². The summed E-state index contributed by atoms with van der Waals surface area (Å²) in [5, 5.41) is 3.73. The van der Waals surface area contributed by atoms with Gasteiger partial charge in [-0.1, -0.05) is 29.8 Å². The molecule has 1 heterocycles. The Balaban J connectivity index is 2.63. The van der Waals surface area contributed by atoms with E-state index in [1.807, 2.05) is 0 Å². The Morgan fingerprint density at radius 3 is 2.53 bits per heavy atom. The summed E-state index contributed by atoms with van der Waals surface area (Å²) in [5.74, 6) is 0.366. The largest absolute Gasteiger partial charge is 0.348 e. The first kappa shape index (κ1) is 12.2. The first-order valence-electron chi connectivity index (χ1n) is 4.92. The maximum absolute atomic E-state index is 11.8. The number of aromatic nitrogens is 1. The molecule has 0 radical (unpaired) electrons. The molecule has 1 unspecified atom stereocenters. The van der Waals surface area contributed by atoms with Crippen LogP contribution in [0.15, 0.2) is 24.5 Å². The molecule has 15 heavy (non-hydrogen) atoms. The molecule has 3 nitrogen and oxygen atoms in total. The Morgan fingerprint density at radius 2 is 2.07 bits per heavy atom. The van der Waals surface area contributed by atoms with E-state index in [1.54, 1.807) is 24.5 Å². The summed E-state index contributed by atoms with van der Waals surface area (Å²) in [4.78, 5) is 15.6. The standard InChI is InChI=1S/C11H15BrN2O/c1-8(2)10(7-12)14-11(15)9-3-5-13-6-4-9/h3-6,8,10H,7H2,1-2H3,(H,14,15). The van der Waals surface area contributed by atoms with Gasteiger partial charge in [-0.15, -0.1) is 0 Å². The zero-order chi connectivity index (χ0) is 11.3. The number of carbonyl (C=O) groups excluding carboxylic acids is 1. The molecule has 0 aliphatic heterocycles. The van der Waals surface area contributed by atoms with Crippen LogP contribution in [0.2, 0.25) is 0 Å². The SMILES string of the molecule is CC(C)C(CBr)NC(=O)c1ccncc1. The van der Waals surface area contributed by atoms with Gasteiger partial charge in [-0.2, -0.15) is 0 Å². The van der Waals surface area contributed by atoms with Crippen molar-refractivity contribution in [1.29, 1.82) is 0 Å². The lowest BCUT2D eigenvalue weighted by Gasteiger charge is -2.19. The van der Waals surface area contributed by atoms with Gasteiger partial charge in [0.2, 0.25) is 0 Å². The summed E-state index contributed by atoms with van der Waals surface area (Å²) in [6.07, 6.45) is 3.24. The van der Waals surface area contributed by atoms with Gasteiger partial charge in [0.25, 0.3) is 5.91 Å². The number of nitrogens with zero attached hydrogens (tertiary/aromatic N) is 1. The smallest absolute Gasteiger partial charge is 0.251 e. The normalized spacial score (nSPS) is 12.5. The molecule has 1 amide bonds. The van der Waals surface area contributed by atoms with Crippen LogP contribution in [0.5, 0.6) is 0 Å². The first-order valence-corrected chi connectivity index (χ1v) is 6.04. The minimum Gasteiger partial charge on any atom is -0.348 e. The summed E-state index contributed by atoms with van der Waals surface area (Å²) in [5.41, 5.74) is 0.650. The number of hydrogen-bond donors (Lipinski definition) is 1. The Bertz CT molecular complexity index is 314. The second-order valence-electron chi connectivity index (χ2n) is 3.71. The number of halogens is 1. The molecule has 1 atom stereocenters. The van der Waals surface area contributed by atoms with Gasteiger partial charge in [0.05, 0.1) is 0 Å². The van der Waals surface area contributed by atoms with Crippen molar-refractivity contribution in [3.05, 3.63) is 30.1 Å². The van der Waals surface area contributed by atoms with Gasteiger partial charge >= 0.3 is 0 Å². The minimum atomic E-state index is -0.0458. The number of pyridine rings is 1. The number of nitrogens with one attached hydrogen (secondary N) is 1. The van der Waals surface area contributed by atoms with Gasteiger partial charge < -0.3 is 5.32 Å². The second-order valence-corrected chi connectivity index (χ2v) is 4.36. The van der Waals surface area contributed by atoms with Crippen LogP contribution in [-0.2, 0) is 0 Å². The molecule has 0 saturated heterocycles. The average molecular weight is 271 g/mol.